The second-order valence-corrected chi connectivity index (χ2v) is 5.81. The molecule has 3 aromatic rings. The Morgan fingerprint density at radius 2 is 1.04 bits per heavy atom. The van der Waals surface area contributed by atoms with Crippen molar-refractivity contribution in [1.29, 1.82) is 0 Å². The lowest BCUT2D eigenvalue weighted by molar-refractivity contribution is 0.439. The number of hydrogen-bond donors (Lipinski definition) is 6. The third-order valence-corrected chi connectivity index (χ3v) is 3.76. The summed E-state index contributed by atoms with van der Waals surface area (Å²) in [5.74, 6) is 0.789. The zero-order valence-corrected chi connectivity index (χ0v) is 15.9. The van der Waals surface area contributed by atoms with Crippen LogP contribution in [-0.4, -0.2) is 30.6 Å². The Hall–Kier alpha value is -3.54. The molecule has 6 N–H and O–H groups in total. The minimum Gasteiger partial charge on any atom is -0.508 e. The number of phenolic OH excluding ortho intramolecular Hbond substituents is 6. The number of hydrogen-bond acceptors (Lipinski definition) is 6. The molecule has 0 aliphatic carbocycles. The van der Waals surface area contributed by atoms with E-state index < -0.39 is 0 Å². The average Bonchev–Trinajstić information content (AvgIpc) is 2.63. The Morgan fingerprint density at radius 3 is 1.39 bits per heavy atom. The normalized spacial score (nSPS) is 9.50. The highest BCUT2D eigenvalue weighted by molar-refractivity contribution is 5.42. The highest BCUT2D eigenvalue weighted by Crippen LogP contribution is 2.26. The lowest BCUT2D eigenvalue weighted by Gasteiger charge is -2.01. The molecule has 0 fully saturated rings. The summed E-state index contributed by atoms with van der Waals surface area (Å²) in [6, 6.07) is 15.2. The topological polar surface area (TPSA) is 121 Å². The van der Waals surface area contributed by atoms with Crippen molar-refractivity contribution in [3.63, 3.8) is 0 Å². The SMILES string of the molecule is CCc1c(O)cccc1O.CCc1ccc(O)cc1O.Oc1cccc(O)c1. The minimum atomic E-state index is 0.0880. The van der Waals surface area contributed by atoms with E-state index in [-0.39, 0.29) is 34.5 Å². The fourth-order valence-corrected chi connectivity index (χ4v) is 2.27. The average molecular weight is 386 g/mol. The Kier molecular flexibility index (Phi) is 9.03. The fraction of sp³-hybridized carbons (Fsp3) is 0.182. The van der Waals surface area contributed by atoms with Crippen molar-refractivity contribution in [2.45, 2.75) is 26.7 Å². The molecule has 150 valence electrons. The molecule has 3 aromatic carbocycles. The summed E-state index contributed by atoms with van der Waals surface area (Å²) in [6.07, 6.45) is 1.44. The smallest absolute Gasteiger partial charge is 0.122 e. The number of benzene rings is 3. The summed E-state index contributed by atoms with van der Waals surface area (Å²) in [5, 5.41) is 53.6. The molecule has 0 saturated carbocycles. The van der Waals surface area contributed by atoms with Gasteiger partial charge in [-0.1, -0.05) is 32.0 Å². The lowest BCUT2D eigenvalue weighted by atomic mass is 10.1. The molecule has 0 bridgehead atoms. The molecule has 0 heterocycles. The summed E-state index contributed by atoms with van der Waals surface area (Å²) in [6.45, 7) is 3.83. The molecular weight excluding hydrogens is 360 g/mol. The van der Waals surface area contributed by atoms with E-state index in [1.165, 1.54) is 24.3 Å². The summed E-state index contributed by atoms with van der Waals surface area (Å²) >= 11 is 0. The van der Waals surface area contributed by atoms with Gasteiger partial charge in [-0.3, -0.25) is 0 Å². The molecule has 0 atom stereocenters. The van der Waals surface area contributed by atoms with Gasteiger partial charge in [0.1, 0.15) is 34.5 Å². The van der Waals surface area contributed by atoms with Gasteiger partial charge in [0.2, 0.25) is 0 Å². The molecule has 0 spiro atoms. The number of aryl methyl sites for hydroxylation is 1. The monoisotopic (exact) mass is 386 g/mol. The summed E-state index contributed by atoms with van der Waals surface area (Å²) in [7, 11) is 0. The molecule has 0 aliphatic heterocycles. The van der Waals surface area contributed by atoms with E-state index in [4.69, 9.17) is 30.6 Å². The molecular formula is C22H26O6. The molecule has 0 aromatic heterocycles. The standard InChI is InChI=1S/2C8H10O2.C6H6O2/c1-2-6-3-4-7(9)5-8(6)10;1-2-6-7(9)4-3-5-8(6)10;7-5-2-1-3-6(8)4-5/h2*3-5,9-10H,2H2,1H3;1-4,7-8H. The third-order valence-electron chi connectivity index (χ3n) is 3.76. The van der Waals surface area contributed by atoms with Gasteiger partial charge in [-0.25, -0.2) is 0 Å². The van der Waals surface area contributed by atoms with Gasteiger partial charge in [-0.15, -0.1) is 0 Å². The Balaban J connectivity index is 0.000000212. The molecule has 0 radical (unpaired) electrons. The Bertz CT molecular complexity index is 839. The van der Waals surface area contributed by atoms with Crippen molar-refractivity contribution in [2.75, 3.05) is 0 Å². The van der Waals surface area contributed by atoms with Crippen LogP contribution >= 0.6 is 0 Å². The fourth-order valence-electron chi connectivity index (χ4n) is 2.27. The minimum absolute atomic E-state index is 0.0880. The highest BCUT2D eigenvalue weighted by Gasteiger charge is 2.02. The maximum atomic E-state index is 9.13. The van der Waals surface area contributed by atoms with Gasteiger partial charge in [-0.2, -0.15) is 0 Å². The Labute approximate surface area is 164 Å². The van der Waals surface area contributed by atoms with Gasteiger partial charge in [0.15, 0.2) is 0 Å². The van der Waals surface area contributed by atoms with Gasteiger partial charge in [0.05, 0.1) is 0 Å². The lowest BCUT2D eigenvalue weighted by Crippen LogP contribution is -1.81. The van der Waals surface area contributed by atoms with Crippen molar-refractivity contribution in [3.05, 3.63) is 71.8 Å². The second kappa shape index (κ2) is 11.2. The van der Waals surface area contributed by atoms with Gasteiger partial charge in [0.25, 0.3) is 0 Å². The predicted molar refractivity (Wildman–Crippen MR) is 108 cm³/mol. The first kappa shape index (κ1) is 22.5. The molecule has 3 rings (SSSR count). The van der Waals surface area contributed by atoms with Crippen LogP contribution in [0, 0.1) is 0 Å². The Morgan fingerprint density at radius 1 is 0.536 bits per heavy atom. The van der Waals surface area contributed by atoms with Crippen molar-refractivity contribution in [3.8, 4) is 34.5 Å². The molecule has 6 nitrogen and oxygen atoms in total. The van der Waals surface area contributed by atoms with Crippen molar-refractivity contribution in [2.24, 2.45) is 0 Å². The van der Waals surface area contributed by atoms with Gasteiger partial charge in [-0.05, 0) is 48.7 Å². The summed E-state index contributed by atoms with van der Waals surface area (Å²) < 4.78 is 0. The van der Waals surface area contributed by atoms with Crippen molar-refractivity contribution >= 4 is 0 Å². The van der Waals surface area contributed by atoms with Crippen LogP contribution < -0.4 is 0 Å². The van der Waals surface area contributed by atoms with Crippen LogP contribution in [-0.2, 0) is 12.8 Å². The number of rotatable bonds is 2. The second-order valence-electron chi connectivity index (χ2n) is 5.81. The maximum Gasteiger partial charge on any atom is 0.122 e. The first-order valence-electron chi connectivity index (χ1n) is 8.77. The zero-order chi connectivity index (χ0) is 21.1. The number of aromatic hydroxyl groups is 6. The van der Waals surface area contributed by atoms with Crippen molar-refractivity contribution < 1.29 is 30.6 Å². The quantitative estimate of drug-likeness (QED) is 0.388. The van der Waals surface area contributed by atoms with Crippen LogP contribution in [0.5, 0.6) is 34.5 Å². The van der Waals surface area contributed by atoms with E-state index in [0.29, 0.717) is 12.0 Å². The molecule has 0 saturated heterocycles. The molecule has 28 heavy (non-hydrogen) atoms. The van der Waals surface area contributed by atoms with E-state index in [2.05, 4.69) is 0 Å². The van der Waals surface area contributed by atoms with Crippen LogP contribution in [0.4, 0.5) is 0 Å². The van der Waals surface area contributed by atoms with Crippen LogP contribution in [0.25, 0.3) is 0 Å². The summed E-state index contributed by atoms with van der Waals surface area (Å²) in [4.78, 5) is 0. The largest absolute Gasteiger partial charge is 0.508 e. The predicted octanol–water partition coefficient (Wildman–Crippen LogP) is 4.42. The van der Waals surface area contributed by atoms with Crippen LogP contribution in [0.1, 0.15) is 25.0 Å². The van der Waals surface area contributed by atoms with E-state index in [9.17, 15) is 0 Å². The molecule has 0 amide bonds. The van der Waals surface area contributed by atoms with E-state index >= 15 is 0 Å². The third kappa shape index (κ3) is 7.37. The van der Waals surface area contributed by atoms with E-state index in [1.807, 2.05) is 13.8 Å². The maximum absolute atomic E-state index is 9.13. The first-order valence-corrected chi connectivity index (χ1v) is 8.77. The van der Waals surface area contributed by atoms with E-state index in [1.54, 1.807) is 36.4 Å². The van der Waals surface area contributed by atoms with Crippen LogP contribution in [0.15, 0.2) is 60.7 Å². The van der Waals surface area contributed by atoms with Crippen LogP contribution in [0.3, 0.4) is 0 Å². The zero-order valence-electron chi connectivity index (χ0n) is 15.9. The summed E-state index contributed by atoms with van der Waals surface area (Å²) in [5.41, 5.74) is 1.47. The van der Waals surface area contributed by atoms with Gasteiger partial charge in [0, 0.05) is 17.7 Å². The number of phenols is 6. The highest BCUT2D eigenvalue weighted by atomic mass is 16.3. The molecule has 6 heteroatoms. The van der Waals surface area contributed by atoms with E-state index in [0.717, 1.165) is 12.0 Å². The van der Waals surface area contributed by atoms with Gasteiger partial charge >= 0.3 is 0 Å². The van der Waals surface area contributed by atoms with Crippen molar-refractivity contribution in [1.82, 2.24) is 0 Å². The van der Waals surface area contributed by atoms with Crippen LogP contribution in [0.2, 0.25) is 0 Å². The molecule has 0 unspecified atom stereocenters. The molecule has 0 aliphatic rings. The first-order chi connectivity index (χ1) is 13.3. The van der Waals surface area contributed by atoms with Gasteiger partial charge < -0.3 is 30.6 Å².